The molecule has 21 heavy (non-hydrogen) atoms. The number of likely N-dealkylation sites (N-methyl/N-ethyl adjacent to an activating group) is 1. The number of nitrogens with one attached hydrogen (secondary N) is 1. The van der Waals surface area contributed by atoms with Gasteiger partial charge in [-0.15, -0.1) is 0 Å². The lowest BCUT2D eigenvalue weighted by Crippen LogP contribution is -2.45. The summed E-state index contributed by atoms with van der Waals surface area (Å²) in [7, 11) is 1.59. The second-order valence-electron chi connectivity index (χ2n) is 4.48. The maximum atomic E-state index is 12.0. The molecule has 0 aliphatic carbocycles. The fourth-order valence-electron chi connectivity index (χ4n) is 1.68. The largest absolute Gasteiger partial charge is 0.502 e. The Morgan fingerprint density at radius 2 is 2.10 bits per heavy atom. The molecule has 1 unspecified atom stereocenters. The predicted octanol–water partition coefficient (Wildman–Crippen LogP) is 0.897. The first-order valence-corrected chi connectivity index (χ1v) is 6.31. The van der Waals surface area contributed by atoms with Gasteiger partial charge < -0.3 is 15.3 Å². The molecule has 0 fully saturated rings. The number of hydrogen-bond donors (Lipinski definition) is 2. The van der Waals surface area contributed by atoms with Gasteiger partial charge in [0.05, 0.1) is 10.5 Å². The van der Waals surface area contributed by atoms with Crippen LogP contribution in [0.5, 0.6) is 5.75 Å². The number of aromatic hydroxyl groups is 1. The first-order chi connectivity index (χ1) is 9.79. The number of nitro groups is 1. The molecule has 114 valence electrons. The van der Waals surface area contributed by atoms with Gasteiger partial charge in [0.25, 0.3) is 5.91 Å². The molecule has 1 atom stereocenters. The molecule has 0 saturated carbocycles. The number of rotatable bonds is 5. The van der Waals surface area contributed by atoms with Crippen LogP contribution in [0.15, 0.2) is 18.2 Å². The number of nitrogens with zero attached hydrogens (tertiary/aromatic N) is 2. The second-order valence-corrected chi connectivity index (χ2v) is 4.48. The molecule has 0 aromatic heterocycles. The number of phenols is 1. The highest BCUT2D eigenvalue weighted by Gasteiger charge is 2.24. The van der Waals surface area contributed by atoms with E-state index >= 15 is 0 Å². The number of phenolic OH excluding ortho intramolecular Hbond substituents is 1. The summed E-state index contributed by atoms with van der Waals surface area (Å²) in [5.41, 5.74) is -0.810. The zero-order valence-electron chi connectivity index (χ0n) is 12.0. The van der Waals surface area contributed by atoms with Crippen LogP contribution in [0.25, 0.3) is 0 Å². The van der Waals surface area contributed by atoms with E-state index in [1.165, 1.54) is 24.0 Å². The minimum atomic E-state index is -0.805. The van der Waals surface area contributed by atoms with E-state index in [4.69, 9.17) is 0 Å². The van der Waals surface area contributed by atoms with Crippen molar-refractivity contribution in [3.05, 3.63) is 33.9 Å². The van der Waals surface area contributed by atoms with Gasteiger partial charge in [-0.05, 0) is 19.9 Å². The molecule has 8 heteroatoms. The number of para-hydroxylation sites is 1. The van der Waals surface area contributed by atoms with E-state index < -0.39 is 28.3 Å². The maximum absolute atomic E-state index is 12.0. The van der Waals surface area contributed by atoms with Gasteiger partial charge in [-0.1, -0.05) is 6.07 Å². The molecule has 0 heterocycles. The topological polar surface area (TPSA) is 113 Å². The van der Waals surface area contributed by atoms with Crippen molar-refractivity contribution < 1.29 is 19.6 Å². The van der Waals surface area contributed by atoms with E-state index in [1.54, 1.807) is 14.0 Å². The molecule has 0 aliphatic heterocycles. The van der Waals surface area contributed by atoms with Gasteiger partial charge in [-0.3, -0.25) is 19.7 Å². The predicted molar refractivity (Wildman–Crippen MR) is 75.0 cm³/mol. The van der Waals surface area contributed by atoms with Gasteiger partial charge in [0.1, 0.15) is 6.04 Å². The molecule has 0 aliphatic rings. The van der Waals surface area contributed by atoms with E-state index in [0.717, 1.165) is 6.07 Å². The van der Waals surface area contributed by atoms with Crippen LogP contribution in [0.1, 0.15) is 24.2 Å². The molecule has 0 spiro atoms. The third-order valence-corrected chi connectivity index (χ3v) is 3.02. The molecular weight excluding hydrogens is 278 g/mol. The average Bonchev–Trinajstić information content (AvgIpc) is 2.45. The van der Waals surface area contributed by atoms with Crippen LogP contribution in [0.4, 0.5) is 5.69 Å². The van der Waals surface area contributed by atoms with Crippen LogP contribution in [0.3, 0.4) is 0 Å². The number of nitro benzene ring substituents is 1. The standard InChI is InChI=1S/C13H17N3O5/c1-4-15(3)13(19)8(2)14-12(18)9-6-5-7-10(11(9)17)16(20)21/h5-8,17H,4H2,1-3H3,(H,14,18). The minimum absolute atomic E-state index is 0.247. The summed E-state index contributed by atoms with van der Waals surface area (Å²) in [5, 5.41) is 22.9. The van der Waals surface area contributed by atoms with Crippen LogP contribution in [0.2, 0.25) is 0 Å². The van der Waals surface area contributed by atoms with E-state index in [0.29, 0.717) is 6.54 Å². The third kappa shape index (κ3) is 3.68. The van der Waals surface area contributed by atoms with Crippen molar-refractivity contribution in [2.45, 2.75) is 19.9 Å². The van der Waals surface area contributed by atoms with Gasteiger partial charge in [0.15, 0.2) is 0 Å². The summed E-state index contributed by atoms with van der Waals surface area (Å²) in [4.78, 5) is 35.2. The highest BCUT2D eigenvalue weighted by Crippen LogP contribution is 2.29. The Bertz CT molecular complexity index is 573. The Hall–Kier alpha value is -2.64. The van der Waals surface area contributed by atoms with Crippen molar-refractivity contribution >= 4 is 17.5 Å². The number of carbonyl (C=O) groups is 2. The molecule has 1 aromatic rings. The fourth-order valence-corrected chi connectivity index (χ4v) is 1.68. The van der Waals surface area contributed by atoms with E-state index in [-0.39, 0.29) is 11.5 Å². The summed E-state index contributed by atoms with van der Waals surface area (Å²) < 4.78 is 0. The van der Waals surface area contributed by atoms with E-state index in [9.17, 15) is 24.8 Å². The van der Waals surface area contributed by atoms with Crippen molar-refractivity contribution in [3.63, 3.8) is 0 Å². The van der Waals surface area contributed by atoms with Crippen molar-refractivity contribution in [3.8, 4) is 5.75 Å². The van der Waals surface area contributed by atoms with Crippen LogP contribution >= 0.6 is 0 Å². The molecule has 0 bridgehead atoms. The smallest absolute Gasteiger partial charge is 0.311 e. The highest BCUT2D eigenvalue weighted by molar-refractivity contribution is 6.00. The first-order valence-electron chi connectivity index (χ1n) is 6.31. The Balaban J connectivity index is 2.93. The van der Waals surface area contributed by atoms with Gasteiger partial charge in [0.2, 0.25) is 11.7 Å². The fraction of sp³-hybridized carbons (Fsp3) is 0.385. The SMILES string of the molecule is CCN(C)C(=O)C(C)NC(=O)c1cccc([N+](=O)[O-])c1O. The molecular formula is C13H17N3O5. The summed E-state index contributed by atoms with van der Waals surface area (Å²) >= 11 is 0. The van der Waals surface area contributed by atoms with E-state index in [2.05, 4.69) is 5.32 Å². The van der Waals surface area contributed by atoms with Crippen LogP contribution in [-0.2, 0) is 4.79 Å². The number of hydrogen-bond acceptors (Lipinski definition) is 5. The zero-order valence-corrected chi connectivity index (χ0v) is 12.0. The summed E-state index contributed by atoms with van der Waals surface area (Å²) in [6.07, 6.45) is 0. The Kier molecular flexibility index (Phi) is 5.23. The summed E-state index contributed by atoms with van der Waals surface area (Å²) in [6, 6.07) is 2.82. The molecule has 8 nitrogen and oxygen atoms in total. The van der Waals surface area contributed by atoms with Gasteiger partial charge >= 0.3 is 5.69 Å². The monoisotopic (exact) mass is 295 g/mol. The van der Waals surface area contributed by atoms with Crippen molar-refractivity contribution in [1.82, 2.24) is 10.2 Å². The molecule has 1 aromatic carbocycles. The van der Waals surface area contributed by atoms with Gasteiger partial charge in [-0.2, -0.15) is 0 Å². The number of carbonyl (C=O) groups excluding carboxylic acids is 2. The van der Waals surface area contributed by atoms with Crippen molar-refractivity contribution in [2.75, 3.05) is 13.6 Å². The lowest BCUT2D eigenvalue weighted by atomic mass is 10.1. The minimum Gasteiger partial charge on any atom is -0.502 e. The Morgan fingerprint density at radius 3 is 2.62 bits per heavy atom. The average molecular weight is 295 g/mol. The zero-order chi connectivity index (χ0) is 16.2. The second kappa shape index (κ2) is 6.69. The lowest BCUT2D eigenvalue weighted by molar-refractivity contribution is -0.385. The number of amides is 2. The highest BCUT2D eigenvalue weighted by atomic mass is 16.6. The first kappa shape index (κ1) is 16.4. The number of benzene rings is 1. The quantitative estimate of drug-likeness (QED) is 0.619. The summed E-state index contributed by atoms with van der Waals surface area (Å²) in [6.45, 7) is 3.78. The molecule has 2 amide bonds. The summed E-state index contributed by atoms with van der Waals surface area (Å²) in [5.74, 6) is -1.76. The van der Waals surface area contributed by atoms with E-state index in [1.807, 2.05) is 0 Å². The molecule has 2 N–H and O–H groups in total. The van der Waals surface area contributed by atoms with Crippen LogP contribution in [0, 0.1) is 10.1 Å². The van der Waals surface area contributed by atoms with Crippen LogP contribution < -0.4 is 5.32 Å². The molecule has 0 saturated heterocycles. The van der Waals surface area contributed by atoms with Gasteiger partial charge in [-0.25, -0.2) is 0 Å². The molecule has 0 radical (unpaired) electrons. The Labute approximate surface area is 121 Å². The van der Waals surface area contributed by atoms with Gasteiger partial charge in [0, 0.05) is 19.7 Å². The normalized spacial score (nSPS) is 11.6. The van der Waals surface area contributed by atoms with Crippen molar-refractivity contribution in [2.24, 2.45) is 0 Å². The Morgan fingerprint density at radius 1 is 1.48 bits per heavy atom. The van der Waals surface area contributed by atoms with Crippen LogP contribution in [-0.4, -0.2) is 46.4 Å². The molecule has 1 rings (SSSR count). The maximum Gasteiger partial charge on any atom is 0.311 e. The van der Waals surface area contributed by atoms with Crippen molar-refractivity contribution in [1.29, 1.82) is 0 Å². The third-order valence-electron chi connectivity index (χ3n) is 3.02. The lowest BCUT2D eigenvalue weighted by Gasteiger charge is -2.20.